The van der Waals surface area contributed by atoms with Crippen molar-refractivity contribution < 1.29 is 4.79 Å². The predicted octanol–water partition coefficient (Wildman–Crippen LogP) is 3.58. The highest BCUT2D eigenvalue weighted by molar-refractivity contribution is 5.85. The van der Waals surface area contributed by atoms with Crippen molar-refractivity contribution in [1.82, 2.24) is 10.6 Å². The van der Waals surface area contributed by atoms with E-state index in [9.17, 15) is 4.79 Å². The van der Waals surface area contributed by atoms with Gasteiger partial charge in [0.1, 0.15) is 0 Å². The van der Waals surface area contributed by atoms with Crippen LogP contribution in [0.3, 0.4) is 0 Å². The maximum Gasteiger partial charge on any atom is 0.224 e. The van der Waals surface area contributed by atoms with Crippen LogP contribution in [0, 0.1) is 5.92 Å². The molecule has 124 valence electrons. The fourth-order valence-electron chi connectivity index (χ4n) is 2.76. The van der Waals surface area contributed by atoms with Crippen LogP contribution < -0.4 is 10.6 Å². The number of halogens is 1. The molecular formula is C18H29ClN2O. The molecule has 1 amide bonds. The van der Waals surface area contributed by atoms with E-state index >= 15 is 0 Å². The van der Waals surface area contributed by atoms with E-state index in [0.717, 1.165) is 25.9 Å². The van der Waals surface area contributed by atoms with Gasteiger partial charge < -0.3 is 10.6 Å². The Balaban J connectivity index is 0.00000242. The molecule has 0 bridgehead atoms. The zero-order chi connectivity index (χ0) is 15.5. The summed E-state index contributed by atoms with van der Waals surface area (Å²) in [6.45, 7) is 10.5. The predicted molar refractivity (Wildman–Crippen MR) is 94.5 cm³/mol. The Labute approximate surface area is 140 Å². The molecule has 22 heavy (non-hydrogen) atoms. The molecule has 0 radical (unpaired) electrons. The summed E-state index contributed by atoms with van der Waals surface area (Å²) in [5, 5.41) is 6.44. The molecule has 0 aromatic heterocycles. The minimum atomic E-state index is 0. The summed E-state index contributed by atoms with van der Waals surface area (Å²) in [6, 6.07) is 8.66. The molecule has 1 heterocycles. The van der Waals surface area contributed by atoms with Crippen molar-refractivity contribution in [3.8, 4) is 0 Å². The van der Waals surface area contributed by atoms with Crippen molar-refractivity contribution in [1.29, 1.82) is 0 Å². The lowest BCUT2D eigenvalue weighted by Crippen LogP contribution is -2.41. The van der Waals surface area contributed by atoms with Gasteiger partial charge >= 0.3 is 0 Å². The summed E-state index contributed by atoms with van der Waals surface area (Å²) < 4.78 is 0. The third kappa shape index (κ3) is 4.99. The van der Waals surface area contributed by atoms with E-state index < -0.39 is 0 Å². The zero-order valence-corrected chi connectivity index (χ0v) is 14.9. The van der Waals surface area contributed by atoms with E-state index in [1.807, 2.05) is 0 Å². The highest BCUT2D eigenvalue weighted by atomic mass is 35.5. The molecule has 3 nitrogen and oxygen atoms in total. The van der Waals surface area contributed by atoms with Crippen LogP contribution in [0.2, 0.25) is 0 Å². The van der Waals surface area contributed by atoms with Crippen molar-refractivity contribution in [3.63, 3.8) is 0 Å². The normalized spacial score (nSPS) is 19.9. The van der Waals surface area contributed by atoms with E-state index in [1.165, 1.54) is 11.1 Å². The Bertz CT molecular complexity index is 473. The Morgan fingerprint density at radius 2 is 1.91 bits per heavy atom. The van der Waals surface area contributed by atoms with Gasteiger partial charge in [-0.3, -0.25) is 4.79 Å². The molecule has 1 aromatic carbocycles. The van der Waals surface area contributed by atoms with Gasteiger partial charge in [-0.2, -0.15) is 0 Å². The molecule has 4 heteroatoms. The van der Waals surface area contributed by atoms with E-state index in [4.69, 9.17) is 0 Å². The second kappa shape index (κ2) is 7.98. The largest absolute Gasteiger partial charge is 0.349 e. The topological polar surface area (TPSA) is 41.1 Å². The number of rotatable bonds is 3. The van der Waals surface area contributed by atoms with Crippen LogP contribution in [0.4, 0.5) is 0 Å². The quantitative estimate of drug-likeness (QED) is 0.892. The lowest BCUT2D eigenvalue weighted by Gasteiger charge is -2.25. The standard InChI is InChI=1S/C18H28N2O.ClH/c1-13(20-17(21)15-6-5-11-19-12-15)14-7-9-16(10-8-14)18(2,3)4;/h7-10,13,15,19H,5-6,11-12H2,1-4H3,(H,20,21);1H/t13?,15-;/m1./s1. The first-order valence-corrected chi connectivity index (χ1v) is 7.99. The third-order valence-corrected chi connectivity index (χ3v) is 4.30. The Morgan fingerprint density at radius 3 is 2.41 bits per heavy atom. The molecule has 1 aliphatic rings. The maximum absolute atomic E-state index is 12.3. The molecule has 2 atom stereocenters. The Hall–Kier alpha value is -1.06. The summed E-state index contributed by atoms with van der Waals surface area (Å²) in [4.78, 5) is 12.3. The van der Waals surface area contributed by atoms with Gasteiger partial charge in [0.15, 0.2) is 0 Å². The molecule has 0 saturated carbocycles. The first-order chi connectivity index (χ1) is 9.88. The fourth-order valence-corrected chi connectivity index (χ4v) is 2.76. The number of hydrogen-bond donors (Lipinski definition) is 2. The number of amides is 1. The van der Waals surface area contributed by atoms with Crippen LogP contribution in [-0.2, 0) is 10.2 Å². The summed E-state index contributed by atoms with van der Waals surface area (Å²) in [6.07, 6.45) is 2.08. The highest BCUT2D eigenvalue weighted by Gasteiger charge is 2.22. The second-order valence-electron chi connectivity index (χ2n) is 7.15. The lowest BCUT2D eigenvalue weighted by molar-refractivity contribution is -0.126. The number of nitrogens with one attached hydrogen (secondary N) is 2. The SMILES string of the molecule is CC(NC(=O)[C@@H]1CCCNC1)c1ccc(C(C)(C)C)cc1.Cl. The van der Waals surface area contributed by atoms with Crippen LogP contribution in [0.5, 0.6) is 0 Å². The maximum atomic E-state index is 12.3. The van der Waals surface area contributed by atoms with Crippen LogP contribution in [0.15, 0.2) is 24.3 Å². The van der Waals surface area contributed by atoms with Gasteiger partial charge in [0.2, 0.25) is 5.91 Å². The van der Waals surface area contributed by atoms with Gasteiger partial charge in [-0.15, -0.1) is 12.4 Å². The molecule has 2 N–H and O–H groups in total. The number of carbonyl (C=O) groups excluding carboxylic acids is 1. The van der Waals surface area contributed by atoms with Gasteiger partial charge in [-0.25, -0.2) is 0 Å². The van der Waals surface area contributed by atoms with Crippen molar-refractivity contribution >= 4 is 18.3 Å². The Morgan fingerprint density at radius 1 is 1.27 bits per heavy atom. The molecule has 1 aliphatic heterocycles. The third-order valence-electron chi connectivity index (χ3n) is 4.30. The second-order valence-corrected chi connectivity index (χ2v) is 7.15. The van der Waals surface area contributed by atoms with E-state index in [1.54, 1.807) is 0 Å². The number of hydrogen-bond acceptors (Lipinski definition) is 2. The van der Waals surface area contributed by atoms with Crippen molar-refractivity contribution in [3.05, 3.63) is 35.4 Å². The van der Waals surface area contributed by atoms with E-state index in [0.29, 0.717) is 0 Å². The minimum absolute atomic E-state index is 0. The lowest BCUT2D eigenvalue weighted by atomic mass is 9.86. The minimum Gasteiger partial charge on any atom is -0.349 e. The first-order valence-electron chi connectivity index (χ1n) is 7.99. The Kier molecular flexibility index (Phi) is 6.89. The van der Waals surface area contributed by atoms with Crippen molar-refractivity contribution in [2.45, 2.75) is 52.0 Å². The summed E-state index contributed by atoms with van der Waals surface area (Å²) in [5.74, 6) is 0.296. The van der Waals surface area contributed by atoms with Crippen LogP contribution in [0.25, 0.3) is 0 Å². The number of piperidine rings is 1. The zero-order valence-electron chi connectivity index (χ0n) is 14.1. The van der Waals surface area contributed by atoms with Crippen LogP contribution in [-0.4, -0.2) is 19.0 Å². The molecule has 1 fully saturated rings. The molecule has 1 aromatic rings. The summed E-state index contributed by atoms with van der Waals surface area (Å²) in [7, 11) is 0. The van der Waals surface area contributed by atoms with Crippen LogP contribution in [0.1, 0.15) is 57.7 Å². The van der Waals surface area contributed by atoms with Crippen molar-refractivity contribution in [2.24, 2.45) is 5.92 Å². The summed E-state index contributed by atoms with van der Waals surface area (Å²) in [5.41, 5.74) is 2.65. The average molecular weight is 325 g/mol. The van der Waals surface area contributed by atoms with Gasteiger partial charge in [0.05, 0.1) is 12.0 Å². The van der Waals surface area contributed by atoms with E-state index in [-0.39, 0.29) is 35.7 Å². The van der Waals surface area contributed by atoms with Gasteiger partial charge in [-0.05, 0) is 42.9 Å². The number of benzene rings is 1. The molecule has 0 spiro atoms. The molecular weight excluding hydrogens is 296 g/mol. The highest BCUT2D eigenvalue weighted by Crippen LogP contribution is 2.24. The van der Waals surface area contributed by atoms with Crippen molar-refractivity contribution in [2.75, 3.05) is 13.1 Å². The van der Waals surface area contributed by atoms with Gasteiger partial charge in [-0.1, -0.05) is 45.0 Å². The van der Waals surface area contributed by atoms with E-state index in [2.05, 4.69) is 62.6 Å². The van der Waals surface area contributed by atoms with Crippen LogP contribution >= 0.6 is 12.4 Å². The molecule has 0 aliphatic carbocycles. The first kappa shape index (κ1) is 19.0. The molecule has 1 unspecified atom stereocenters. The van der Waals surface area contributed by atoms with Gasteiger partial charge in [0.25, 0.3) is 0 Å². The average Bonchev–Trinajstić information content (AvgIpc) is 2.47. The summed E-state index contributed by atoms with van der Waals surface area (Å²) >= 11 is 0. The smallest absolute Gasteiger partial charge is 0.224 e. The molecule has 2 rings (SSSR count). The molecule has 1 saturated heterocycles. The monoisotopic (exact) mass is 324 g/mol. The number of carbonyl (C=O) groups is 1. The fraction of sp³-hybridized carbons (Fsp3) is 0.611. The van der Waals surface area contributed by atoms with Gasteiger partial charge in [0, 0.05) is 6.54 Å².